The van der Waals surface area contributed by atoms with Crippen molar-refractivity contribution in [2.24, 2.45) is 0 Å². The third-order valence-corrected chi connectivity index (χ3v) is 4.43. The summed E-state index contributed by atoms with van der Waals surface area (Å²) in [6.07, 6.45) is 3.45. The molecule has 134 valence electrons. The van der Waals surface area contributed by atoms with E-state index in [1.807, 2.05) is 54.6 Å². The summed E-state index contributed by atoms with van der Waals surface area (Å²) >= 11 is 0. The van der Waals surface area contributed by atoms with Gasteiger partial charge in [-0.2, -0.15) is 0 Å². The van der Waals surface area contributed by atoms with E-state index in [0.717, 1.165) is 27.8 Å². The number of nitrogens with zero attached hydrogens (tertiary/aromatic N) is 3. The standard InChI is InChI=1S/C22H20N4O/c1-27-20(16-8-3-2-4-9-16)15-24-22-18-11-5-6-12-19(18)25-21(26-22)17-10-7-13-23-14-17/h2-14,20H,15H2,1H3,(H,24,25,26). The lowest BCUT2D eigenvalue weighted by molar-refractivity contribution is 0.114. The van der Waals surface area contributed by atoms with Crippen LogP contribution in [0.2, 0.25) is 0 Å². The normalized spacial score (nSPS) is 12.0. The summed E-state index contributed by atoms with van der Waals surface area (Å²) in [4.78, 5) is 13.6. The van der Waals surface area contributed by atoms with Gasteiger partial charge >= 0.3 is 0 Å². The average molecular weight is 356 g/mol. The minimum absolute atomic E-state index is 0.0678. The molecule has 2 heterocycles. The quantitative estimate of drug-likeness (QED) is 0.551. The number of hydrogen-bond acceptors (Lipinski definition) is 5. The molecule has 0 amide bonds. The predicted octanol–water partition coefficient (Wildman–Crippen LogP) is 4.49. The first-order valence-corrected chi connectivity index (χ1v) is 8.84. The van der Waals surface area contributed by atoms with Crippen LogP contribution in [0.3, 0.4) is 0 Å². The van der Waals surface area contributed by atoms with Crippen molar-refractivity contribution in [1.82, 2.24) is 15.0 Å². The number of hydrogen-bond donors (Lipinski definition) is 1. The fourth-order valence-corrected chi connectivity index (χ4v) is 3.03. The van der Waals surface area contributed by atoms with Crippen LogP contribution >= 0.6 is 0 Å². The summed E-state index contributed by atoms with van der Waals surface area (Å²) in [5.74, 6) is 1.44. The molecular weight excluding hydrogens is 336 g/mol. The molecule has 2 aromatic heterocycles. The van der Waals surface area contributed by atoms with E-state index in [1.54, 1.807) is 19.5 Å². The summed E-state index contributed by atoms with van der Waals surface area (Å²) in [6.45, 7) is 0.605. The molecule has 0 saturated heterocycles. The van der Waals surface area contributed by atoms with Gasteiger partial charge in [0, 0.05) is 37.0 Å². The Labute approximate surface area is 158 Å². The van der Waals surface area contributed by atoms with Crippen LogP contribution in [0, 0.1) is 0 Å². The van der Waals surface area contributed by atoms with Crippen molar-refractivity contribution in [1.29, 1.82) is 0 Å². The molecule has 4 rings (SSSR count). The van der Waals surface area contributed by atoms with E-state index < -0.39 is 0 Å². The zero-order valence-corrected chi connectivity index (χ0v) is 15.0. The summed E-state index contributed by atoms with van der Waals surface area (Å²) < 4.78 is 5.67. The van der Waals surface area contributed by atoms with Gasteiger partial charge in [0.2, 0.25) is 0 Å². The molecule has 0 spiro atoms. The molecule has 5 heteroatoms. The summed E-state index contributed by atoms with van der Waals surface area (Å²) in [5, 5.41) is 4.43. The largest absolute Gasteiger partial charge is 0.375 e. The van der Waals surface area contributed by atoms with Crippen molar-refractivity contribution in [3.05, 3.63) is 84.7 Å². The Morgan fingerprint density at radius 1 is 0.926 bits per heavy atom. The number of nitrogens with one attached hydrogen (secondary N) is 1. The molecule has 0 fully saturated rings. The second kappa shape index (κ2) is 7.93. The van der Waals surface area contributed by atoms with Crippen molar-refractivity contribution in [2.75, 3.05) is 19.0 Å². The highest BCUT2D eigenvalue weighted by atomic mass is 16.5. The minimum Gasteiger partial charge on any atom is -0.375 e. The van der Waals surface area contributed by atoms with E-state index >= 15 is 0 Å². The van der Waals surface area contributed by atoms with Crippen LogP contribution in [0.1, 0.15) is 11.7 Å². The number of benzene rings is 2. The second-order valence-corrected chi connectivity index (χ2v) is 6.17. The van der Waals surface area contributed by atoms with Gasteiger partial charge < -0.3 is 10.1 Å². The van der Waals surface area contributed by atoms with Gasteiger partial charge in [0.25, 0.3) is 0 Å². The van der Waals surface area contributed by atoms with Gasteiger partial charge in [-0.05, 0) is 29.8 Å². The highest BCUT2D eigenvalue weighted by molar-refractivity contribution is 5.90. The first kappa shape index (κ1) is 17.1. The molecule has 1 atom stereocenters. The van der Waals surface area contributed by atoms with Crippen LogP contribution in [0.5, 0.6) is 0 Å². The van der Waals surface area contributed by atoms with Gasteiger partial charge in [-0.15, -0.1) is 0 Å². The Morgan fingerprint density at radius 2 is 1.74 bits per heavy atom. The Balaban J connectivity index is 1.68. The van der Waals surface area contributed by atoms with E-state index in [-0.39, 0.29) is 6.10 Å². The zero-order valence-electron chi connectivity index (χ0n) is 15.0. The van der Waals surface area contributed by atoms with Crippen LogP contribution in [-0.2, 0) is 4.74 Å². The topological polar surface area (TPSA) is 59.9 Å². The lowest BCUT2D eigenvalue weighted by Gasteiger charge is -2.18. The third kappa shape index (κ3) is 3.78. The fraction of sp³-hybridized carbons (Fsp3) is 0.136. The highest BCUT2D eigenvalue weighted by Gasteiger charge is 2.13. The molecular formula is C22H20N4O. The van der Waals surface area contributed by atoms with Gasteiger partial charge in [-0.25, -0.2) is 9.97 Å². The molecule has 1 unspecified atom stereocenters. The van der Waals surface area contributed by atoms with E-state index in [2.05, 4.69) is 27.4 Å². The van der Waals surface area contributed by atoms with Gasteiger partial charge in [0.05, 0.1) is 11.6 Å². The summed E-state index contributed by atoms with van der Waals surface area (Å²) in [7, 11) is 1.72. The maximum Gasteiger partial charge on any atom is 0.163 e. The first-order valence-electron chi connectivity index (χ1n) is 8.84. The van der Waals surface area contributed by atoms with Gasteiger partial charge in [0.1, 0.15) is 5.82 Å². The molecule has 27 heavy (non-hydrogen) atoms. The Kier molecular flexibility index (Phi) is 5.03. The Bertz CT molecular complexity index is 1020. The van der Waals surface area contributed by atoms with Crippen LogP contribution in [-0.4, -0.2) is 28.6 Å². The van der Waals surface area contributed by atoms with E-state index in [1.165, 1.54) is 0 Å². The molecule has 2 aromatic carbocycles. The molecule has 0 aliphatic carbocycles. The molecule has 5 nitrogen and oxygen atoms in total. The molecule has 0 aliphatic heterocycles. The van der Waals surface area contributed by atoms with Gasteiger partial charge in [-0.3, -0.25) is 4.98 Å². The van der Waals surface area contributed by atoms with Gasteiger partial charge in [0.15, 0.2) is 5.82 Å². The lowest BCUT2D eigenvalue weighted by atomic mass is 10.1. The number of pyridine rings is 1. The number of ether oxygens (including phenoxy) is 1. The minimum atomic E-state index is -0.0678. The van der Waals surface area contributed by atoms with Gasteiger partial charge in [-0.1, -0.05) is 42.5 Å². The van der Waals surface area contributed by atoms with Crippen molar-refractivity contribution < 1.29 is 4.74 Å². The number of para-hydroxylation sites is 1. The molecule has 0 radical (unpaired) electrons. The number of anilines is 1. The predicted molar refractivity (Wildman–Crippen MR) is 107 cm³/mol. The maximum absolute atomic E-state index is 5.67. The van der Waals surface area contributed by atoms with Crippen LogP contribution in [0.15, 0.2) is 79.1 Å². The van der Waals surface area contributed by atoms with Crippen LogP contribution in [0.4, 0.5) is 5.82 Å². The smallest absolute Gasteiger partial charge is 0.163 e. The SMILES string of the molecule is COC(CNc1nc(-c2cccnc2)nc2ccccc12)c1ccccc1. The first-order chi connectivity index (χ1) is 13.3. The van der Waals surface area contributed by atoms with E-state index in [9.17, 15) is 0 Å². The molecule has 1 N–H and O–H groups in total. The van der Waals surface area contributed by atoms with Crippen LogP contribution in [0.25, 0.3) is 22.3 Å². The molecule has 0 bridgehead atoms. The maximum atomic E-state index is 5.67. The van der Waals surface area contributed by atoms with Crippen molar-refractivity contribution in [3.8, 4) is 11.4 Å². The summed E-state index contributed by atoms with van der Waals surface area (Å²) in [6, 6.07) is 22.0. The van der Waals surface area contributed by atoms with Crippen molar-refractivity contribution in [2.45, 2.75) is 6.10 Å². The molecule has 0 saturated carbocycles. The molecule has 0 aliphatic rings. The van der Waals surface area contributed by atoms with E-state index in [0.29, 0.717) is 12.4 Å². The summed E-state index contributed by atoms with van der Waals surface area (Å²) in [5.41, 5.74) is 2.90. The number of aromatic nitrogens is 3. The van der Waals surface area contributed by atoms with Crippen molar-refractivity contribution in [3.63, 3.8) is 0 Å². The van der Waals surface area contributed by atoms with E-state index in [4.69, 9.17) is 9.72 Å². The number of rotatable bonds is 6. The third-order valence-electron chi connectivity index (χ3n) is 4.43. The zero-order chi connectivity index (χ0) is 18.5. The highest BCUT2D eigenvalue weighted by Crippen LogP contribution is 2.25. The Hall–Kier alpha value is -3.31. The number of methoxy groups -OCH3 is 1. The second-order valence-electron chi connectivity index (χ2n) is 6.17. The molecule has 4 aromatic rings. The number of fused-ring (bicyclic) bond motifs is 1. The van der Waals surface area contributed by atoms with Crippen molar-refractivity contribution >= 4 is 16.7 Å². The fourth-order valence-electron chi connectivity index (χ4n) is 3.03. The monoisotopic (exact) mass is 356 g/mol. The van der Waals surface area contributed by atoms with Crippen LogP contribution < -0.4 is 5.32 Å². The lowest BCUT2D eigenvalue weighted by Crippen LogP contribution is -2.15. The average Bonchev–Trinajstić information content (AvgIpc) is 2.75. The Morgan fingerprint density at radius 3 is 2.52 bits per heavy atom.